The van der Waals surface area contributed by atoms with E-state index in [1.807, 2.05) is 53.9 Å². The molecule has 0 aliphatic carbocycles. The van der Waals surface area contributed by atoms with E-state index < -0.39 is 0 Å². The fourth-order valence-corrected chi connectivity index (χ4v) is 4.24. The van der Waals surface area contributed by atoms with Crippen molar-refractivity contribution in [3.63, 3.8) is 0 Å². The Kier molecular flexibility index (Phi) is 5.51. The average molecular weight is 445 g/mol. The summed E-state index contributed by atoms with van der Waals surface area (Å²) >= 11 is 0. The Balaban J connectivity index is 1.44. The molecule has 1 aliphatic heterocycles. The third-order valence-electron chi connectivity index (χ3n) is 5.95. The molecule has 1 atom stereocenters. The van der Waals surface area contributed by atoms with Gasteiger partial charge in [-0.25, -0.2) is 13.9 Å². The molecule has 0 radical (unpaired) electrons. The van der Waals surface area contributed by atoms with Crippen LogP contribution in [0.3, 0.4) is 0 Å². The average Bonchev–Trinajstić information content (AvgIpc) is 3.39. The summed E-state index contributed by atoms with van der Waals surface area (Å²) in [5.41, 5.74) is 10.2. The van der Waals surface area contributed by atoms with E-state index >= 15 is 0 Å². The van der Waals surface area contributed by atoms with Gasteiger partial charge in [-0.1, -0.05) is 24.3 Å². The summed E-state index contributed by atoms with van der Waals surface area (Å²) in [6, 6.07) is 18.1. The van der Waals surface area contributed by atoms with Crippen molar-refractivity contribution < 1.29 is 9.18 Å². The van der Waals surface area contributed by atoms with Crippen LogP contribution >= 0.6 is 0 Å². The number of aromatic nitrogens is 3. The second-order valence-electron chi connectivity index (χ2n) is 8.26. The molecule has 5 rings (SSSR count). The minimum absolute atomic E-state index is 0.0503. The number of hydrogen-bond acceptors (Lipinski definition) is 5. The number of hydrogen-bond donors (Lipinski definition) is 1. The van der Waals surface area contributed by atoms with Gasteiger partial charge in [0.15, 0.2) is 5.65 Å². The summed E-state index contributed by atoms with van der Waals surface area (Å²) < 4.78 is 15.4. The van der Waals surface area contributed by atoms with Crippen molar-refractivity contribution in [1.29, 1.82) is 0 Å². The lowest BCUT2D eigenvalue weighted by Crippen LogP contribution is -2.27. The van der Waals surface area contributed by atoms with Crippen LogP contribution in [0, 0.1) is 5.82 Å². The van der Waals surface area contributed by atoms with Crippen LogP contribution in [0.5, 0.6) is 0 Å². The smallest absolute Gasteiger partial charge is 0.228 e. The van der Waals surface area contributed by atoms with E-state index in [0.29, 0.717) is 19.5 Å². The summed E-state index contributed by atoms with van der Waals surface area (Å²) in [6.07, 6.45) is 2.17. The fraction of sp³-hybridized carbons (Fsp3) is 0.240. The van der Waals surface area contributed by atoms with Gasteiger partial charge >= 0.3 is 0 Å². The monoisotopic (exact) mass is 444 g/mol. The fourth-order valence-electron chi connectivity index (χ4n) is 4.24. The van der Waals surface area contributed by atoms with Crippen LogP contribution in [-0.2, 0) is 11.3 Å². The molecule has 2 aromatic heterocycles. The number of carbonyl (C=O) groups excluding carboxylic acids is 1. The second kappa shape index (κ2) is 8.63. The highest BCUT2D eigenvalue weighted by Crippen LogP contribution is 2.27. The SMILES string of the molecule is CCN(Cc1cccc(F)c1)c1ccc2ncc(-c3ccc(N4C[C@@H](N)CC4=O)cc3)n2n1. The third kappa shape index (κ3) is 4.17. The molecule has 4 aromatic rings. The Bertz CT molecular complexity index is 1300. The molecule has 7 nitrogen and oxygen atoms in total. The zero-order chi connectivity index (χ0) is 22.9. The Morgan fingerprint density at radius 1 is 1.15 bits per heavy atom. The number of nitrogens with two attached hydrogens (primary N) is 1. The van der Waals surface area contributed by atoms with Gasteiger partial charge in [-0.15, -0.1) is 5.10 Å². The van der Waals surface area contributed by atoms with Crippen molar-refractivity contribution in [2.45, 2.75) is 25.9 Å². The number of imidazole rings is 1. The molecule has 0 bridgehead atoms. The Hall–Kier alpha value is -3.78. The molecule has 2 aromatic carbocycles. The molecule has 1 saturated heterocycles. The highest BCUT2D eigenvalue weighted by Gasteiger charge is 2.28. The molecule has 33 heavy (non-hydrogen) atoms. The van der Waals surface area contributed by atoms with E-state index in [2.05, 4.69) is 9.88 Å². The standard InChI is InChI=1S/C25H25FN6O/c1-2-30(15-17-4-3-5-19(26)12-17)24-11-10-23-28-14-22(32(23)29-24)18-6-8-21(9-7-18)31-16-20(27)13-25(31)33/h3-12,14,20H,2,13,15-16,27H2,1H3/t20-/m0/s1. The summed E-state index contributed by atoms with van der Waals surface area (Å²) in [5.74, 6) is 0.584. The lowest BCUT2D eigenvalue weighted by Gasteiger charge is -2.22. The molecule has 0 unspecified atom stereocenters. The van der Waals surface area contributed by atoms with Gasteiger partial charge in [0, 0.05) is 43.3 Å². The topological polar surface area (TPSA) is 79.8 Å². The minimum atomic E-state index is -0.245. The summed E-state index contributed by atoms with van der Waals surface area (Å²) in [4.78, 5) is 20.5. The van der Waals surface area contributed by atoms with Gasteiger partial charge in [0.05, 0.1) is 11.9 Å². The van der Waals surface area contributed by atoms with Gasteiger partial charge in [0.2, 0.25) is 5.91 Å². The first-order valence-corrected chi connectivity index (χ1v) is 11.0. The van der Waals surface area contributed by atoms with Gasteiger partial charge in [-0.05, 0) is 48.9 Å². The van der Waals surface area contributed by atoms with Crippen molar-refractivity contribution in [3.05, 3.63) is 78.2 Å². The summed E-state index contributed by atoms with van der Waals surface area (Å²) in [7, 11) is 0. The second-order valence-corrected chi connectivity index (χ2v) is 8.26. The zero-order valence-corrected chi connectivity index (χ0v) is 18.4. The minimum Gasteiger partial charge on any atom is -0.351 e. The molecule has 1 fully saturated rings. The maximum absolute atomic E-state index is 13.6. The van der Waals surface area contributed by atoms with Crippen molar-refractivity contribution in [2.75, 3.05) is 22.9 Å². The van der Waals surface area contributed by atoms with Crippen molar-refractivity contribution >= 4 is 23.1 Å². The number of anilines is 2. The molecule has 8 heteroatoms. The van der Waals surface area contributed by atoms with Gasteiger partial charge in [0.1, 0.15) is 11.6 Å². The summed E-state index contributed by atoms with van der Waals surface area (Å²) in [6.45, 7) is 3.86. The molecule has 1 amide bonds. The number of rotatable bonds is 6. The maximum atomic E-state index is 13.6. The van der Waals surface area contributed by atoms with Crippen LogP contribution in [0.15, 0.2) is 66.9 Å². The lowest BCUT2D eigenvalue weighted by atomic mass is 10.1. The van der Waals surface area contributed by atoms with E-state index in [4.69, 9.17) is 10.8 Å². The van der Waals surface area contributed by atoms with Crippen molar-refractivity contribution in [3.8, 4) is 11.3 Å². The first-order chi connectivity index (χ1) is 16.0. The highest BCUT2D eigenvalue weighted by molar-refractivity contribution is 5.96. The third-order valence-corrected chi connectivity index (χ3v) is 5.95. The molecular weight excluding hydrogens is 419 g/mol. The van der Waals surface area contributed by atoms with Crippen LogP contribution in [-0.4, -0.2) is 39.6 Å². The zero-order valence-electron chi connectivity index (χ0n) is 18.4. The Morgan fingerprint density at radius 2 is 1.97 bits per heavy atom. The first kappa shape index (κ1) is 21.1. The van der Waals surface area contributed by atoms with E-state index in [0.717, 1.165) is 40.5 Å². The molecular formula is C25H25FN6O. The predicted molar refractivity (Wildman–Crippen MR) is 126 cm³/mol. The molecule has 1 aliphatic rings. The number of carbonyl (C=O) groups is 1. The van der Waals surface area contributed by atoms with Crippen LogP contribution in [0.4, 0.5) is 15.9 Å². The van der Waals surface area contributed by atoms with Crippen LogP contribution in [0.25, 0.3) is 16.9 Å². The van der Waals surface area contributed by atoms with Gasteiger partial charge in [-0.3, -0.25) is 4.79 Å². The van der Waals surface area contributed by atoms with Crippen molar-refractivity contribution in [2.24, 2.45) is 5.73 Å². The molecule has 168 valence electrons. The first-order valence-electron chi connectivity index (χ1n) is 11.0. The molecule has 0 saturated carbocycles. The number of amides is 1. The molecule has 3 heterocycles. The van der Waals surface area contributed by atoms with Gasteiger partial charge in [0.25, 0.3) is 0 Å². The van der Waals surface area contributed by atoms with Crippen LogP contribution < -0.4 is 15.5 Å². The molecule has 0 spiro atoms. The Morgan fingerprint density at radius 3 is 2.67 bits per heavy atom. The Labute approximate surface area is 191 Å². The van der Waals surface area contributed by atoms with E-state index in [1.165, 1.54) is 6.07 Å². The van der Waals surface area contributed by atoms with E-state index in [-0.39, 0.29) is 17.8 Å². The maximum Gasteiger partial charge on any atom is 0.228 e. The van der Waals surface area contributed by atoms with Gasteiger partial charge in [-0.2, -0.15) is 0 Å². The van der Waals surface area contributed by atoms with E-state index in [9.17, 15) is 9.18 Å². The van der Waals surface area contributed by atoms with Crippen LogP contribution in [0.1, 0.15) is 18.9 Å². The largest absolute Gasteiger partial charge is 0.351 e. The lowest BCUT2D eigenvalue weighted by molar-refractivity contribution is -0.117. The molecule has 2 N–H and O–H groups in total. The van der Waals surface area contributed by atoms with Crippen LogP contribution in [0.2, 0.25) is 0 Å². The summed E-state index contributed by atoms with van der Waals surface area (Å²) in [5, 5.41) is 4.83. The number of benzene rings is 2. The van der Waals surface area contributed by atoms with Gasteiger partial charge < -0.3 is 15.5 Å². The quantitative estimate of drug-likeness (QED) is 0.491. The predicted octanol–water partition coefficient (Wildman–Crippen LogP) is 3.63. The number of halogens is 1. The normalized spacial score (nSPS) is 16.0. The number of fused-ring (bicyclic) bond motifs is 1. The number of nitrogens with zero attached hydrogens (tertiary/aromatic N) is 5. The van der Waals surface area contributed by atoms with Crippen molar-refractivity contribution in [1.82, 2.24) is 14.6 Å². The van der Waals surface area contributed by atoms with E-state index in [1.54, 1.807) is 23.2 Å². The highest BCUT2D eigenvalue weighted by atomic mass is 19.1.